The smallest absolute Gasteiger partial charge is 0.315 e. The van der Waals surface area contributed by atoms with Crippen molar-refractivity contribution in [2.24, 2.45) is 0 Å². The zero-order chi connectivity index (χ0) is 16.5. The minimum absolute atomic E-state index is 0.211. The van der Waals surface area contributed by atoms with E-state index in [2.05, 4.69) is 27.7 Å². The molecule has 5 heteroatoms. The number of amides is 2. The molecule has 0 radical (unpaired) electrons. The maximum absolute atomic E-state index is 12.8. The Morgan fingerprint density at radius 3 is 2.43 bits per heavy atom. The first-order valence-corrected chi connectivity index (χ1v) is 7.67. The van der Waals surface area contributed by atoms with Crippen molar-refractivity contribution >= 4 is 11.7 Å². The lowest BCUT2D eigenvalue weighted by molar-refractivity contribution is 0.240. The maximum Gasteiger partial charge on any atom is 0.315 e. The van der Waals surface area contributed by atoms with E-state index >= 15 is 0 Å². The van der Waals surface area contributed by atoms with Gasteiger partial charge in [-0.3, -0.25) is 0 Å². The maximum atomic E-state index is 12.8. The molecule has 0 aliphatic carbocycles. The van der Waals surface area contributed by atoms with Crippen molar-refractivity contribution in [3.63, 3.8) is 0 Å². The van der Waals surface area contributed by atoms with Crippen molar-refractivity contribution < 1.29 is 9.18 Å². The Morgan fingerprint density at radius 2 is 1.74 bits per heavy atom. The van der Waals surface area contributed by atoms with Crippen LogP contribution in [0.2, 0.25) is 0 Å². The summed E-state index contributed by atoms with van der Waals surface area (Å²) in [6, 6.07) is 16.0. The van der Waals surface area contributed by atoms with Crippen molar-refractivity contribution in [3.8, 4) is 0 Å². The summed E-state index contributed by atoms with van der Waals surface area (Å²) in [7, 11) is 2.03. The van der Waals surface area contributed by atoms with E-state index in [-0.39, 0.29) is 11.8 Å². The molecular weight excluding hydrogens is 293 g/mol. The molecule has 0 heterocycles. The molecular formula is C18H22FN3O. The highest BCUT2D eigenvalue weighted by atomic mass is 19.1. The first kappa shape index (κ1) is 16.8. The number of carbonyl (C=O) groups excluding carboxylic acids is 1. The van der Waals surface area contributed by atoms with Crippen LogP contribution < -0.4 is 15.5 Å². The van der Waals surface area contributed by atoms with Crippen molar-refractivity contribution in [2.45, 2.75) is 13.0 Å². The Hall–Kier alpha value is -2.56. The lowest BCUT2D eigenvalue weighted by Gasteiger charge is -2.19. The number of carbonyl (C=O) groups is 1. The second kappa shape index (κ2) is 8.78. The van der Waals surface area contributed by atoms with E-state index in [1.807, 2.05) is 25.2 Å². The predicted octanol–water partition coefficient (Wildman–Crippen LogP) is 3.15. The van der Waals surface area contributed by atoms with E-state index in [4.69, 9.17) is 0 Å². The van der Waals surface area contributed by atoms with Crippen LogP contribution in [0.15, 0.2) is 54.6 Å². The van der Waals surface area contributed by atoms with Crippen LogP contribution in [-0.4, -0.2) is 26.2 Å². The molecule has 0 saturated heterocycles. The SMILES string of the molecule is CN(CCCNC(=O)NCc1ccc(F)cc1)c1ccccc1. The minimum Gasteiger partial charge on any atom is -0.375 e. The molecule has 0 fully saturated rings. The molecule has 0 aliphatic heterocycles. The number of anilines is 1. The van der Waals surface area contributed by atoms with Crippen LogP contribution in [-0.2, 0) is 6.54 Å². The number of para-hydroxylation sites is 1. The first-order chi connectivity index (χ1) is 11.1. The Balaban J connectivity index is 1.60. The second-order valence-electron chi connectivity index (χ2n) is 5.35. The average Bonchev–Trinajstić information content (AvgIpc) is 2.59. The normalized spacial score (nSPS) is 10.2. The van der Waals surface area contributed by atoms with Crippen LogP contribution in [0.1, 0.15) is 12.0 Å². The van der Waals surface area contributed by atoms with Crippen LogP contribution in [0.25, 0.3) is 0 Å². The van der Waals surface area contributed by atoms with Crippen molar-refractivity contribution in [1.29, 1.82) is 0 Å². The van der Waals surface area contributed by atoms with Gasteiger partial charge < -0.3 is 15.5 Å². The number of halogens is 1. The third kappa shape index (κ3) is 5.98. The Kier molecular flexibility index (Phi) is 6.41. The molecule has 2 N–H and O–H groups in total. The summed E-state index contributed by atoms with van der Waals surface area (Å²) in [6.45, 7) is 1.85. The lowest BCUT2D eigenvalue weighted by atomic mass is 10.2. The fourth-order valence-electron chi connectivity index (χ4n) is 2.18. The first-order valence-electron chi connectivity index (χ1n) is 7.67. The monoisotopic (exact) mass is 315 g/mol. The number of nitrogens with one attached hydrogen (secondary N) is 2. The molecule has 23 heavy (non-hydrogen) atoms. The molecule has 0 atom stereocenters. The molecule has 0 bridgehead atoms. The van der Waals surface area contributed by atoms with Gasteiger partial charge in [-0.25, -0.2) is 9.18 Å². The van der Waals surface area contributed by atoms with E-state index < -0.39 is 0 Å². The van der Waals surface area contributed by atoms with Crippen LogP contribution in [0.3, 0.4) is 0 Å². The van der Waals surface area contributed by atoms with E-state index in [1.165, 1.54) is 12.1 Å². The molecule has 0 aliphatic rings. The van der Waals surface area contributed by atoms with E-state index in [0.717, 1.165) is 24.2 Å². The van der Waals surface area contributed by atoms with Gasteiger partial charge in [0.05, 0.1) is 0 Å². The molecule has 2 amide bonds. The van der Waals surface area contributed by atoms with Crippen molar-refractivity contribution in [1.82, 2.24) is 10.6 Å². The van der Waals surface area contributed by atoms with Gasteiger partial charge in [-0.1, -0.05) is 30.3 Å². The highest BCUT2D eigenvalue weighted by Crippen LogP contribution is 2.10. The van der Waals surface area contributed by atoms with E-state index in [1.54, 1.807) is 12.1 Å². The number of nitrogens with zero attached hydrogens (tertiary/aromatic N) is 1. The number of urea groups is 1. The van der Waals surface area contributed by atoms with Gasteiger partial charge in [0, 0.05) is 32.4 Å². The van der Waals surface area contributed by atoms with Gasteiger partial charge in [-0.05, 0) is 36.2 Å². The molecule has 122 valence electrons. The number of benzene rings is 2. The number of rotatable bonds is 7. The summed E-state index contributed by atoms with van der Waals surface area (Å²) in [5.41, 5.74) is 2.03. The summed E-state index contributed by atoms with van der Waals surface area (Å²) < 4.78 is 12.8. The van der Waals surface area contributed by atoms with Crippen molar-refractivity contribution in [3.05, 3.63) is 66.0 Å². The quantitative estimate of drug-likeness (QED) is 0.771. The Labute approximate surface area is 136 Å². The van der Waals surface area contributed by atoms with Gasteiger partial charge in [0.15, 0.2) is 0 Å². The summed E-state index contributed by atoms with van der Waals surface area (Å²) in [5, 5.41) is 5.57. The van der Waals surface area contributed by atoms with Gasteiger partial charge >= 0.3 is 6.03 Å². The van der Waals surface area contributed by atoms with Gasteiger partial charge in [0.25, 0.3) is 0 Å². The topological polar surface area (TPSA) is 44.4 Å². The van der Waals surface area contributed by atoms with Gasteiger partial charge in [-0.15, -0.1) is 0 Å². The Morgan fingerprint density at radius 1 is 1.04 bits per heavy atom. The summed E-state index contributed by atoms with van der Waals surface area (Å²) >= 11 is 0. The van der Waals surface area contributed by atoms with Crippen LogP contribution in [0, 0.1) is 5.82 Å². The van der Waals surface area contributed by atoms with Crippen LogP contribution in [0.5, 0.6) is 0 Å². The third-order valence-electron chi connectivity index (χ3n) is 3.52. The van der Waals surface area contributed by atoms with E-state index in [9.17, 15) is 9.18 Å². The highest BCUT2D eigenvalue weighted by molar-refractivity contribution is 5.73. The predicted molar refractivity (Wildman–Crippen MR) is 91.0 cm³/mol. The summed E-state index contributed by atoms with van der Waals surface area (Å²) in [6.07, 6.45) is 0.857. The zero-order valence-corrected chi connectivity index (χ0v) is 13.3. The summed E-state index contributed by atoms with van der Waals surface area (Å²) in [4.78, 5) is 13.8. The molecule has 4 nitrogen and oxygen atoms in total. The van der Waals surface area contributed by atoms with E-state index in [0.29, 0.717) is 13.1 Å². The highest BCUT2D eigenvalue weighted by Gasteiger charge is 2.02. The van der Waals surface area contributed by atoms with Crippen molar-refractivity contribution in [2.75, 3.05) is 25.0 Å². The second-order valence-corrected chi connectivity index (χ2v) is 5.35. The standard InChI is InChI=1S/C18H22FN3O/c1-22(17-6-3-2-4-7-17)13-5-12-20-18(23)21-14-15-8-10-16(19)11-9-15/h2-4,6-11H,5,12-14H2,1H3,(H2,20,21,23). The molecule has 2 rings (SSSR count). The molecule has 0 saturated carbocycles. The molecule has 2 aromatic carbocycles. The third-order valence-corrected chi connectivity index (χ3v) is 3.52. The molecule has 0 unspecified atom stereocenters. The van der Waals surface area contributed by atoms with Crippen LogP contribution >= 0.6 is 0 Å². The fraction of sp³-hybridized carbons (Fsp3) is 0.278. The average molecular weight is 315 g/mol. The molecule has 2 aromatic rings. The van der Waals surface area contributed by atoms with Crippen LogP contribution in [0.4, 0.5) is 14.9 Å². The molecule has 0 aromatic heterocycles. The minimum atomic E-state index is -0.277. The number of hydrogen-bond acceptors (Lipinski definition) is 2. The summed E-state index contributed by atoms with van der Waals surface area (Å²) in [5.74, 6) is -0.277. The fourth-order valence-corrected chi connectivity index (χ4v) is 2.18. The molecule has 0 spiro atoms. The Bertz CT molecular complexity index is 601. The lowest BCUT2D eigenvalue weighted by Crippen LogP contribution is -2.36. The number of hydrogen-bond donors (Lipinski definition) is 2. The van der Waals surface area contributed by atoms with Gasteiger partial charge in [0.2, 0.25) is 0 Å². The van der Waals surface area contributed by atoms with Gasteiger partial charge in [0.1, 0.15) is 5.82 Å². The van der Waals surface area contributed by atoms with Gasteiger partial charge in [-0.2, -0.15) is 0 Å². The zero-order valence-electron chi connectivity index (χ0n) is 13.3. The largest absolute Gasteiger partial charge is 0.375 e.